The van der Waals surface area contributed by atoms with Crippen molar-refractivity contribution < 1.29 is 36.2 Å². The van der Waals surface area contributed by atoms with Crippen LogP contribution in [-0.2, 0) is 17.1 Å². The Morgan fingerprint density at radius 1 is 0.436 bits per heavy atom. The van der Waals surface area contributed by atoms with Crippen molar-refractivity contribution in [1.29, 1.82) is 0 Å². The van der Waals surface area contributed by atoms with Crippen molar-refractivity contribution in [3.8, 4) is 0 Å². The molecule has 0 bridgehead atoms. The van der Waals surface area contributed by atoms with Crippen LogP contribution in [0.3, 0.4) is 0 Å². The van der Waals surface area contributed by atoms with E-state index in [-0.39, 0.29) is 53.0 Å². The molecule has 4 aromatic rings. The van der Waals surface area contributed by atoms with Crippen molar-refractivity contribution in [3.05, 3.63) is 156 Å². The molecule has 0 fully saturated rings. The van der Waals surface area contributed by atoms with E-state index in [0.29, 0.717) is 0 Å². The van der Waals surface area contributed by atoms with Gasteiger partial charge in [-0.1, -0.05) is 97.1 Å². The van der Waals surface area contributed by atoms with Crippen molar-refractivity contribution in [2.24, 2.45) is 0 Å². The summed E-state index contributed by atoms with van der Waals surface area (Å²) in [7, 11) is 0. The second-order valence-electron chi connectivity index (χ2n) is 8.45. The Kier molecular flexibility index (Phi) is 13.5. The molecular formula is C34H32CuO4+4. The first kappa shape index (κ1) is 30.8. The Labute approximate surface area is 239 Å². The number of allylic oxidation sites excluding steroid dienone is 2. The Morgan fingerprint density at radius 2 is 0.718 bits per heavy atom. The van der Waals surface area contributed by atoms with Gasteiger partial charge in [-0.2, -0.15) is 0 Å². The van der Waals surface area contributed by atoms with Crippen molar-refractivity contribution in [1.82, 2.24) is 0 Å². The zero-order valence-electron chi connectivity index (χ0n) is 21.4. The molecule has 4 rings (SSSR count). The van der Waals surface area contributed by atoms with Gasteiger partial charge in [0, 0.05) is 29.2 Å². The number of rotatable bonds is 10. The minimum atomic E-state index is 0. The van der Waals surface area contributed by atoms with Gasteiger partial charge in [-0.3, -0.25) is 19.2 Å². The average Bonchev–Trinajstić information content (AvgIpc) is 2.97. The third-order valence-electron chi connectivity index (χ3n) is 5.45. The summed E-state index contributed by atoms with van der Waals surface area (Å²) < 4.78 is 0. The first-order chi connectivity index (χ1) is 18.5. The van der Waals surface area contributed by atoms with Crippen LogP contribution >= 0.6 is 0 Å². The summed E-state index contributed by atoms with van der Waals surface area (Å²) in [5, 5.41) is 0. The Morgan fingerprint density at radius 3 is 1.03 bits per heavy atom. The van der Waals surface area contributed by atoms with E-state index in [4.69, 9.17) is 0 Å². The maximum Gasteiger partial charge on any atom is 0.336 e. The van der Waals surface area contributed by atoms with Crippen LogP contribution < -0.4 is 0 Å². The fourth-order valence-corrected chi connectivity index (χ4v) is 3.44. The summed E-state index contributed by atoms with van der Waals surface area (Å²) in [5.41, 5.74) is 3.46. The van der Waals surface area contributed by atoms with Crippen LogP contribution in [0.4, 0.5) is 0 Å². The fraction of sp³-hybridized carbons (Fsp3) is 0.0588. The predicted molar refractivity (Wildman–Crippen MR) is 159 cm³/mol. The Hall–Kier alpha value is -4.44. The van der Waals surface area contributed by atoms with Crippen LogP contribution in [0.5, 0.6) is 0 Å². The van der Waals surface area contributed by atoms with Crippen LogP contribution in [-0.4, -0.2) is 42.3 Å². The molecule has 0 heterocycles. The standard InChI is InChI=1S/2C17H14O2.Cu/c2*18-16(12-11-14-7-3-1-4-8-14)13-17(19)15-9-5-2-6-10-15;/h2*1-12H,13H2;/p+4. The fourth-order valence-electron chi connectivity index (χ4n) is 3.44. The zero-order chi connectivity index (χ0) is 27.0. The van der Waals surface area contributed by atoms with Crippen LogP contribution in [0.15, 0.2) is 133 Å². The minimum Gasteiger partial charge on any atom is -0.278 e. The zero-order valence-corrected chi connectivity index (χ0v) is 22.3. The molecule has 5 heteroatoms. The molecule has 0 spiro atoms. The summed E-state index contributed by atoms with van der Waals surface area (Å²) in [5.74, 6) is 0.585. The van der Waals surface area contributed by atoms with Crippen LogP contribution in [0, 0.1) is 0 Å². The molecule has 0 aliphatic carbocycles. The number of ketones is 4. The van der Waals surface area contributed by atoms with Gasteiger partial charge in [-0.15, -0.1) is 0 Å². The van der Waals surface area contributed by atoms with Gasteiger partial charge in [0.1, 0.15) is 0 Å². The van der Waals surface area contributed by atoms with E-state index in [9.17, 15) is 19.2 Å². The molecule has 0 atom stereocenters. The van der Waals surface area contributed by atoms with Crippen molar-refractivity contribution in [2.75, 3.05) is 0 Å². The number of hydrogen-bond donors (Lipinski definition) is 0. The van der Waals surface area contributed by atoms with Crippen molar-refractivity contribution in [3.63, 3.8) is 0 Å². The topological polar surface area (TPSA) is 85.6 Å². The summed E-state index contributed by atoms with van der Waals surface area (Å²) in [6.07, 6.45) is 7.10. The summed E-state index contributed by atoms with van der Waals surface area (Å²) in [4.78, 5) is 39.4. The van der Waals surface area contributed by atoms with E-state index >= 15 is 0 Å². The van der Waals surface area contributed by atoms with Gasteiger partial charge in [0.05, 0.1) is 11.1 Å². The molecule has 39 heavy (non-hydrogen) atoms. The first-order valence-electron chi connectivity index (χ1n) is 12.3. The number of carbonyl (C=O) groups excluding carboxylic acids is 4. The van der Waals surface area contributed by atoms with Crippen molar-refractivity contribution >= 4 is 35.3 Å². The Balaban J connectivity index is 0.000000267. The molecular weight excluding hydrogens is 536 g/mol. The second-order valence-corrected chi connectivity index (χ2v) is 8.45. The third-order valence-corrected chi connectivity index (χ3v) is 5.45. The van der Waals surface area contributed by atoms with Gasteiger partial charge < -0.3 is 0 Å². The van der Waals surface area contributed by atoms with Gasteiger partial charge in [0.15, 0.2) is 12.8 Å². The maximum absolute atomic E-state index is 9.89. The normalized spacial score (nSPS) is 10.3. The molecule has 0 saturated carbocycles. The van der Waals surface area contributed by atoms with Crippen LogP contribution in [0.25, 0.3) is 12.2 Å². The summed E-state index contributed by atoms with van der Waals surface area (Å²) >= 11 is 0. The average molecular weight is 568 g/mol. The maximum atomic E-state index is 9.89. The van der Waals surface area contributed by atoms with Gasteiger partial charge >= 0.3 is 23.1 Å². The number of benzene rings is 4. The molecule has 0 unspecified atom stereocenters. The molecule has 0 aliphatic rings. The molecule has 199 valence electrons. The SMILES string of the molecule is [Cu].[OH+]=C(C=Cc1ccccc1)CC(=[OH+])c1ccccc1.[OH+]=C(C=Cc1ccccc1)CC(=[OH+])c1ccccc1. The largest absolute Gasteiger partial charge is 0.336 e. The Bertz CT molecular complexity index is 1280. The van der Waals surface area contributed by atoms with E-state index in [2.05, 4.69) is 0 Å². The predicted octanol–water partition coefficient (Wildman–Crippen LogP) is 6.45. The summed E-state index contributed by atoms with van der Waals surface area (Å²) in [6.45, 7) is 0. The minimum absolute atomic E-state index is 0. The van der Waals surface area contributed by atoms with E-state index in [1.165, 1.54) is 0 Å². The second kappa shape index (κ2) is 17.1. The molecule has 1 radical (unpaired) electrons. The molecule has 0 aliphatic heterocycles. The van der Waals surface area contributed by atoms with E-state index in [1.54, 1.807) is 12.2 Å². The monoisotopic (exact) mass is 567 g/mol. The quantitative estimate of drug-likeness (QED) is 0.0693. The molecule has 0 amide bonds. The molecule has 4 N–H and O–H groups in total. The smallest absolute Gasteiger partial charge is 0.278 e. The molecule has 4 nitrogen and oxygen atoms in total. The third kappa shape index (κ3) is 11.7. The summed E-state index contributed by atoms with van der Waals surface area (Å²) in [6, 6.07) is 37.8. The van der Waals surface area contributed by atoms with Gasteiger partial charge in [0.2, 0.25) is 0 Å². The molecule has 0 saturated heterocycles. The van der Waals surface area contributed by atoms with E-state index in [0.717, 1.165) is 22.3 Å². The van der Waals surface area contributed by atoms with Crippen LogP contribution in [0.1, 0.15) is 35.1 Å². The number of hydrogen-bond acceptors (Lipinski definition) is 0. The van der Waals surface area contributed by atoms with Crippen molar-refractivity contribution in [2.45, 2.75) is 12.8 Å². The van der Waals surface area contributed by atoms with Gasteiger partial charge in [-0.25, -0.2) is 0 Å². The van der Waals surface area contributed by atoms with Gasteiger partial charge in [-0.05, 0) is 47.5 Å². The molecule has 4 aromatic carbocycles. The van der Waals surface area contributed by atoms with Crippen LogP contribution in [0.2, 0.25) is 0 Å². The first-order valence-corrected chi connectivity index (χ1v) is 12.3. The van der Waals surface area contributed by atoms with E-state index in [1.807, 2.05) is 133 Å². The molecule has 0 aromatic heterocycles. The van der Waals surface area contributed by atoms with E-state index < -0.39 is 0 Å². The van der Waals surface area contributed by atoms with Gasteiger partial charge in [0.25, 0.3) is 0 Å².